The van der Waals surface area contributed by atoms with Gasteiger partial charge in [0, 0.05) is 43.3 Å². The number of carbonyl (C=O) groups excluding carboxylic acids is 1. The molecule has 1 atom stereocenters. The third-order valence-corrected chi connectivity index (χ3v) is 6.95. The Labute approximate surface area is 212 Å². The number of aromatic nitrogens is 1. The zero-order chi connectivity index (χ0) is 25.8. The van der Waals surface area contributed by atoms with Crippen LogP contribution < -0.4 is 5.32 Å². The van der Waals surface area contributed by atoms with Gasteiger partial charge in [0.05, 0.1) is 16.4 Å². The molecule has 1 aromatic heterocycles. The molecule has 1 amide bonds. The van der Waals surface area contributed by atoms with Gasteiger partial charge in [0.1, 0.15) is 5.76 Å². The van der Waals surface area contributed by atoms with Crippen LogP contribution in [0.3, 0.4) is 0 Å². The molecular formula is C27H37ClN2O5. The molecule has 1 aromatic carbocycles. The number of benzene rings is 1. The topological polar surface area (TPSA) is 113 Å². The molecule has 2 aromatic rings. The average molecular weight is 505 g/mol. The van der Waals surface area contributed by atoms with Crippen molar-refractivity contribution in [2.24, 2.45) is 11.3 Å². The van der Waals surface area contributed by atoms with Gasteiger partial charge in [0.25, 0.3) is 0 Å². The van der Waals surface area contributed by atoms with Crippen molar-refractivity contribution >= 4 is 29.2 Å². The van der Waals surface area contributed by atoms with Gasteiger partial charge in [-0.2, -0.15) is 0 Å². The predicted molar refractivity (Wildman–Crippen MR) is 136 cm³/mol. The molecule has 1 aliphatic carbocycles. The summed E-state index contributed by atoms with van der Waals surface area (Å²) < 4.78 is 5.79. The minimum atomic E-state index is -0.937. The number of aliphatic carboxylic acids is 1. The highest BCUT2D eigenvalue weighted by atomic mass is 35.5. The smallest absolute Gasteiger partial charge is 0.303 e. The van der Waals surface area contributed by atoms with Gasteiger partial charge >= 0.3 is 5.97 Å². The molecule has 35 heavy (non-hydrogen) atoms. The van der Waals surface area contributed by atoms with E-state index in [1.54, 1.807) is 12.1 Å². The summed E-state index contributed by atoms with van der Waals surface area (Å²) in [5, 5.41) is 26.6. The van der Waals surface area contributed by atoms with Crippen molar-refractivity contribution in [1.82, 2.24) is 5.16 Å². The van der Waals surface area contributed by atoms with E-state index in [-0.39, 0.29) is 43.1 Å². The van der Waals surface area contributed by atoms with E-state index < -0.39 is 11.9 Å². The largest absolute Gasteiger partial charge is 0.481 e. The number of amides is 1. The number of halogens is 1. The quantitative estimate of drug-likeness (QED) is 0.342. The second-order valence-electron chi connectivity index (χ2n) is 11.0. The van der Waals surface area contributed by atoms with Crippen LogP contribution in [0.2, 0.25) is 5.02 Å². The molecule has 0 saturated heterocycles. The molecule has 1 heterocycles. The lowest BCUT2D eigenvalue weighted by atomic mass is 9.67. The zero-order valence-corrected chi connectivity index (χ0v) is 21.8. The molecule has 0 bridgehead atoms. The first kappa shape index (κ1) is 27.2. The summed E-state index contributed by atoms with van der Waals surface area (Å²) in [6.45, 7) is 8.57. The first-order valence-corrected chi connectivity index (χ1v) is 12.7. The monoisotopic (exact) mass is 504 g/mol. The van der Waals surface area contributed by atoms with Gasteiger partial charge in [-0.25, -0.2) is 0 Å². The summed E-state index contributed by atoms with van der Waals surface area (Å²) in [7, 11) is 0. The van der Waals surface area contributed by atoms with Crippen molar-refractivity contribution in [3.05, 3.63) is 45.8 Å². The number of hydrogen-bond donors (Lipinski definition) is 3. The third-order valence-electron chi connectivity index (χ3n) is 6.64. The Morgan fingerprint density at radius 3 is 2.60 bits per heavy atom. The van der Waals surface area contributed by atoms with Crippen LogP contribution in [-0.4, -0.2) is 33.9 Å². The van der Waals surface area contributed by atoms with Crippen LogP contribution in [-0.2, 0) is 16.0 Å². The number of carboxylic acids is 1. The van der Waals surface area contributed by atoms with Crippen LogP contribution in [0.4, 0.5) is 5.69 Å². The molecule has 8 heteroatoms. The predicted octanol–water partition coefficient (Wildman–Crippen LogP) is 6.08. The van der Waals surface area contributed by atoms with Crippen molar-refractivity contribution in [3.8, 4) is 0 Å². The molecule has 1 aliphatic rings. The average Bonchev–Trinajstić information content (AvgIpc) is 3.12. The molecule has 0 unspecified atom stereocenters. The number of nitrogens with zero attached hydrogens (tertiary/aromatic N) is 1. The lowest BCUT2D eigenvalue weighted by Crippen LogP contribution is -2.26. The zero-order valence-electron chi connectivity index (χ0n) is 21.1. The van der Waals surface area contributed by atoms with Gasteiger partial charge in [0.15, 0.2) is 0 Å². The number of aliphatic hydroxyl groups excluding tert-OH is 1. The lowest BCUT2D eigenvalue weighted by Gasteiger charge is -2.38. The van der Waals surface area contributed by atoms with Crippen LogP contribution in [0.1, 0.15) is 93.7 Å². The number of hydrogen-bond acceptors (Lipinski definition) is 5. The summed E-state index contributed by atoms with van der Waals surface area (Å²) >= 11 is 6.26. The number of aliphatic hydroxyl groups is 1. The summed E-state index contributed by atoms with van der Waals surface area (Å²) in [5.74, 6) is -0.0110. The van der Waals surface area contributed by atoms with Gasteiger partial charge in [-0.15, -0.1) is 0 Å². The van der Waals surface area contributed by atoms with Crippen molar-refractivity contribution in [2.75, 3.05) is 11.9 Å². The van der Waals surface area contributed by atoms with E-state index in [1.165, 1.54) is 0 Å². The van der Waals surface area contributed by atoms with Crippen molar-refractivity contribution in [1.29, 1.82) is 0 Å². The highest BCUT2D eigenvalue weighted by molar-refractivity contribution is 6.33. The fraction of sp³-hybridized carbons (Fsp3) is 0.593. The molecule has 0 radical (unpaired) electrons. The highest BCUT2D eigenvalue weighted by Gasteiger charge is 2.38. The van der Waals surface area contributed by atoms with E-state index in [0.29, 0.717) is 28.7 Å². The molecule has 3 rings (SSSR count). The fourth-order valence-corrected chi connectivity index (χ4v) is 5.38. The number of nitrogens with one attached hydrogen (secondary N) is 1. The Morgan fingerprint density at radius 1 is 1.29 bits per heavy atom. The van der Waals surface area contributed by atoms with Crippen LogP contribution in [0, 0.1) is 18.3 Å². The van der Waals surface area contributed by atoms with Crippen LogP contribution in [0.15, 0.2) is 22.7 Å². The van der Waals surface area contributed by atoms with E-state index in [0.717, 1.165) is 36.1 Å². The van der Waals surface area contributed by atoms with Crippen LogP contribution in [0.25, 0.3) is 0 Å². The van der Waals surface area contributed by atoms with Gasteiger partial charge in [-0.3, -0.25) is 9.59 Å². The molecule has 1 fully saturated rings. The van der Waals surface area contributed by atoms with Crippen molar-refractivity contribution < 1.29 is 24.3 Å². The molecule has 3 N–H and O–H groups in total. The normalized spacial score (nSPS) is 18.7. The van der Waals surface area contributed by atoms with Crippen LogP contribution >= 0.6 is 11.6 Å². The summed E-state index contributed by atoms with van der Waals surface area (Å²) in [6.07, 6.45) is 3.71. The Hall–Kier alpha value is -2.38. The SMILES string of the molecule is Cc1ccc(NC(=O)C[C@H](CCC(=O)O)c2noc([C@H]3C[C@@H](CC(C)(C)C)C3)c2CCO)c(Cl)c1. The standard InChI is InChI=1S/C27H37ClN2O5/c1-16-5-7-22(21(28)11-16)29-23(32)14-18(6-8-24(33)34)25-20(9-10-31)26(35-30-25)19-12-17(13-19)15-27(2,3)4/h5,7,11,17-19,31H,6,8-10,12-15H2,1-4H3,(H,29,32)(H,33,34)/t17-,18-,19+/m0/s1. The second kappa shape index (κ2) is 11.6. The van der Waals surface area contributed by atoms with Gasteiger partial charge in [-0.1, -0.05) is 43.6 Å². The maximum Gasteiger partial charge on any atom is 0.303 e. The number of rotatable bonds is 11. The summed E-state index contributed by atoms with van der Waals surface area (Å²) in [4.78, 5) is 24.2. The minimum absolute atomic E-state index is 0.0409. The van der Waals surface area contributed by atoms with E-state index in [1.807, 2.05) is 13.0 Å². The maximum absolute atomic E-state index is 12.9. The second-order valence-corrected chi connectivity index (χ2v) is 11.5. The van der Waals surface area contributed by atoms with Crippen molar-refractivity contribution in [2.45, 2.75) is 84.5 Å². The van der Waals surface area contributed by atoms with Gasteiger partial charge < -0.3 is 20.1 Å². The fourth-order valence-electron chi connectivity index (χ4n) is 5.10. The Bertz CT molecular complexity index is 1040. The molecular weight excluding hydrogens is 468 g/mol. The molecule has 192 valence electrons. The molecule has 0 spiro atoms. The lowest BCUT2D eigenvalue weighted by molar-refractivity contribution is -0.137. The van der Waals surface area contributed by atoms with E-state index in [9.17, 15) is 19.8 Å². The highest BCUT2D eigenvalue weighted by Crippen LogP contribution is 2.48. The third kappa shape index (κ3) is 7.55. The van der Waals surface area contributed by atoms with E-state index >= 15 is 0 Å². The number of anilines is 1. The Kier molecular flexibility index (Phi) is 9.00. The summed E-state index contributed by atoms with van der Waals surface area (Å²) in [5.41, 5.74) is 3.17. The number of aryl methyl sites for hydroxylation is 1. The first-order chi connectivity index (χ1) is 16.5. The Morgan fingerprint density at radius 2 is 2.00 bits per heavy atom. The van der Waals surface area contributed by atoms with Gasteiger partial charge in [-0.05, 0) is 61.6 Å². The minimum Gasteiger partial charge on any atom is -0.481 e. The Balaban J connectivity index is 1.78. The molecule has 1 saturated carbocycles. The van der Waals surface area contributed by atoms with E-state index in [4.69, 9.17) is 16.1 Å². The first-order valence-electron chi connectivity index (χ1n) is 12.3. The number of carboxylic acid groups (broad SMARTS) is 1. The molecule has 0 aliphatic heterocycles. The molecule has 7 nitrogen and oxygen atoms in total. The maximum atomic E-state index is 12.9. The summed E-state index contributed by atoms with van der Waals surface area (Å²) in [6, 6.07) is 5.38. The van der Waals surface area contributed by atoms with Crippen LogP contribution in [0.5, 0.6) is 0 Å². The number of carbonyl (C=O) groups is 2. The van der Waals surface area contributed by atoms with Crippen molar-refractivity contribution in [3.63, 3.8) is 0 Å². The van der Waals surface area contributed by atoms with Gasteiger partial charge in [0.2, 0.25) is 5.91 Å². The van der Waals surface area contributed by atoms with E-state index in [2.05, 4.69) is 31.2 Å².